The molecule has 0 bridgehead atoms. The van der Waals surface area contributed by atoms with E-state index < -0.39 is 0 Å². The van der Waals surface area contributed by atoms with E-state index in [1.165, 1.54) is 0 Å². The van der Waals surface area contributed by atoms with Crippen LogP contribution in [0.3, 0.4) is 0 Å². The molecule has 2 heterocycles. The highest BCUT2D eigenvalue weighted by molar-refractivity contribution is 5.89. The van der Waals surface area contributed by atoms with Gasteiger partial charge in [-0.05, 0) is 50.2 Å². The number of hydrogen-bond donors (Lipinski definition) is 1. The number of ether oxygens (including phenoxy) is 1. The van der Waals surface area contributed by atoms with E-state index in [0.717, 1.165) is 11.4 Å². The zero-order valence-electron chi connectivity index (χ0n) is 12.9. The molecule has 22 heavy (non-hydrogen) atoms. The zero-order chi connectivity index (χ0) is 15.5. The van der Waals surface area contributed by atoms with E-state index in [-0.39, 0.29) is 18.2 Å². The van der Waals surface area contributed by atoms with Crippen molar-refractivity contribution in [2.75, 3.05) is 18.4 Å². The number of nitrogens with one attached hydrogen (secondary N) is 1. The van der Waals surface area contributed by atoms with Gasteiger partial charge in [0, 0.05) is 36.9 Å². The quantitative estimate of drug-likeness (QED) is 0.926. The number of urea groups is 1. The van der Waals surface area contributed by atoms with Crippen molar-refractivity contribution < 1.29 is 9.53 Å². The van der Waals surface area contributed by atoms with Gasteiger partial charge in [-0.25, -0.2) is 4.79 Å². The number of nitrogens with zero attached hydrogens (tertiary/aromatic N) is 2. The molecule has 1 fully saturated rings. The lowest BCUT2D eigenvalue weighted by molar-refractivity contribution is -0.0530. The first-order valence-electron chi connectivity index (χ1n) is 7.56. The van der Waals surface area contributed by atoms with Gasteiger partial charge in [0.05, 0.1) is 12.2 Å². The molecule has 2 atom stereocenters. The fourth-order valence-electron chi connectivity index (χ4n) is 2.77. The van der Waals surface area contributed by atoms with E-state index in [1.54, 1.807) is 4.90 Å². The molecular weight excluding hydrogens is 278 g/mol. The van der Waals surface area contributed by atoms with Crippen LogP contribution < -0.4 is 5.32 Å². The Hall–Kier alpha value is -2.27. The maximum absolute atomic E-state index is 12.3. The molecule has 1 N–H and O–H groups in total. The molecule has 0 radical (unpaired) electrons. The van der Waals surface area contributed by atoms with Gasteiger partial charge in [-0.15, -0.1) is 0 Å². The van der Waals surface area contributed by atoms with Crippen molar-refractivity contribution in [2.24, 2.45) is 0 Å². The molecule has 2 unspecified atom stereocenters. The number of carbonyl (C=O) groups is 1. The maximum atomic E-state index is 12.3. The fourth-order valence-corrected chi connectivity index (χ4v) is 2.77. The Kier molecular flexibility index (Phi) is 4.15. The number of carbonyl (C=O) groups excluding carboxylic acids is 1. The van der Waals surface area contributed by atoms with Crippen LogP contribution in [0, 0.1) is 0 Å². The second-order valence-electron chi connectivity index (χ2n) is 5.73. The summed E-state index contributed by atoms with van der Waals surface area (Å²) in [5.41, 5.74) is 1.87. The molecular formula is C17H21N3O2. The van der Waals surface area contributed by atoms with E-state index >= 15 is 0 Å². The normalized spacial score (nSPS) is 21.6. The van der Waals surface area contributed by atoms with E-state index in [2.05, 4.69) is 5.32 Å². The molecule has 2 aromatic rings. The summed E-state index contributed by atoms with van der Waals surface area (Å²) in [6.45, 7) is 5.22. The Balaban J connectivity index is 1.64. The summed E-state index contributed by atoms with van der Waals surface area (Å²) in [5.74, 6) is 0. The number of morpholine rings is 1. The SMILES string of the molecule is CC1CN(C(=O)Nc2ccc(-n3cccc3)cc2)CC(C)O1. The van der Waals surface area contributed by atoms with Crippen molar-refractivity contribution in [1.29, 1.82) is 0 Å². The van der Waals surface area contributed by atoms with Crippen LogP contribution in [0.1, 0.15) is 13.8 Å². The summed E-state index contributed by atoms with van der Waals surface area (Å²) in [4.78, 5) is 14.1. The highest BCUT2D eigenvalue weighted by Gasteiger charge is 2.25. The number of benzene rings is 1. The highest BCUT2D eigenvalue weighted by Crippen LogP contribution is 2.16. The average Bonchev–Trinajstić information content (AvgIpc) is 3.01. The molecule has 1 aliphatic heterocycles. The molecule has 0 aliphatic carbocycles. The molecule has 5 heteroatoms. The van der Waals surface area contributed by atoms with Gasteiger partial charge in [-0.2, -0.15) is 0 Å². The molecule has 0 saturated carbocycles. The number of aromatic nitrogens is 1. The molecule has 5 nitrogen and oxygen atoms in total. The molecule has 2 amide bonds. The highest BCUT2D eigenvalue weighted by atomic mass is 16.5. The largest absolute Gasteiger partial charge is 0.372 e. The van der Waals surface area contributed by atoms with Crippen LogP contribution in [0.2, 0.25) is 0 Å². The van der Waals surface area contributed by atoms with Crippen molar-refractivity contribution >= 4 is 11.7 Å². The van der Waals surface area contributed by atoms with Gasteiger partial charge in [0.2, 0.25) is 0 Å². The van der Waals surface area contributed by atoms with Crippen molar-refractivity contribution in [1.82, 2.24) is 9.47 Å². The van der Waals surface area contributed by atoms with Crippen LogP contribution in [0.15, 0.2) is 48.8 Å². The van der Waals surface area contributed by atoms with Crippen molar-refractivity contribution in [3.05, 3.63) is 48.8 Å². The molecule has 1 saturated heterocycles. The van der Waals surface area contributed by atoms with E-state index in [1.807, 2.05) is 67.2 Å². The Morgan fingerprint density at radius 3 is 2.27 bits per heavy atom. The third-order valence-corrected chi connectivity index (χ3v) is 3.73. The number of amides is 2. The van der Waals surface area contributed by atoms with Gasteiger partial charge < -0.3 is 19.5 Å². The predicted octanol–water partition coefficient (Wildman–Crippen LogP) is 3.12. The lowest BCUT2D eigenvalue weighted by Gasteiger charge is -2.35. The Morgan fingerprint density at radius 2 is 1.68 bits per heavy atom. The van der Waals surface area contributed by atoms with Crippen LogP contribution in [0.4, 0.5) is 10.5 Å². The van der Waals surface area contributed by atoms with Gasteiger partial charge >= 0.3 is 6.03 Å². The van der Waals surface area contributed by atoms with Crippen LogP contribution in [-0.2, 0) is 4.74 Å². The summed E-state index contributed by atoms with van der Waals surface area (Å²) in [6, 6.07) is 11.7. The summed E-state index contributed by atoms with van der Waals surface area (Å²) >= 11 is 0. The summed E-state index contributed by atoms with van der Waals surface area (Å²) in [6.07, 6.45) is 4.13. The monoisotopic (exact) mass is 299 g/mol. The predicted molar refractivity (Wildman–Crippen MR) is 86.4 cm³/mol. The van der Waals surface area contributed by atoms with Gasteiger partial charge in [0.1, 0.15) is 0 Å². The second-order valence-corrected chi connectivity index (χ2v) is 5.73. The first-order valence-corrected chi connectivity index (χ1v) is 7.56. The van der Waals surface area contributed by atoms with E-state index in [0.29, 0.717) is 13.1 Å². The Bertz CT molecular complexity index is 612. The lowest BCUT2D eigenvalue weighted by Crippen LogP contribution is -2.49. The van der Waals surface area contributed by atoms with Crippen LogP contribution in [-0.4, -0.2) is 40.8 Å². The lowest BCUT2D eigenvalue weighted by atomic mass is 10.2. The minimum absolute atomic E-state index is 0.0734. The molecule has 116 valence electrons. The average molecular weight is 299 g/mol. The minimum atomic E-state index is -0.0734. The fraction of sp³-hybridized carbons (Fsp3) is 0.353. The number of anilines is 1. The third-order valence-electron chi connectivity index (χ3n) is 3.73. The maximum Gasteiger partial charge on any atom is 0.322 e. The van der Waals surface area contributed by atoms with Crippen LogP contribution in [0.25, 0.3) is 5.69 Å². The van der Waals surface area contributed by atoms with Gasteiger partial charge in [-0.1, -0.05) is 0 Å². The summed E-state index contributed by atoms with van der Waals surface area (Å²) < 4.78 is 7.67. The zero-order valence-corrected chi connectivity index (χ0v) is 12.9. The third kappa shape index (κ3) is 3.31. The van der Waals surface area contributed by atoms with Crippen molar-refractivity contribution in [3.63, 3.8) is 0 Å². The summed E-state index contributed by atoms with van der Waals surface area (Å²) in [7, 11) is 0. The standard InChI is InChI=1S/C17H21N3O2/c1-13-11-20(12-14(2)22-13)17(21)18-15-5-7-16(8-6-15)19-9-3-4-10-19/h3-10,13-14H,11-12H2,1-2H3,(H,18,21). The molecule has 3 rings (SSSR count). The number of rotatable bonds is 2. The van der Waals surface area contributed by atoms with Crippen LogP contribution >= 0.6 is 0 Å². The first-order chi connectivity index (χ1) is 10.6. The molecule has 1 aromatic heterocycles. The van der Waals surface area contributed by atoms with E-state index in [4.69, 9.17) is 4.74 Å². The minimum Gasteiger partial charge on any atom is -0.372 e. The van der Waals surface area contributed by atoms with Crippen LogP contribution in [0.5, 0.6) is 0 Å². The van der Waals surface area contributed by atoms with Gasteiger partial charge in [0.15, 0.2) is 0 Å². The topological polar surface area (TPSA) is 46.5 Å². The van der Waals surface area contributed by atoms with E-state index in [9.17, 15) is 4.79 Å². The van der Waals surface area contributed by atoms with Gasteiger partial charge in [0.25, 0.3) is 0 Å². The number of hydrogen-bond acceptors (Lipinski definition) is 2. The molecule has 0 spiro atoms. The Labute approximate surface area is 130 Å². The Morgan fingerprint density at radius 1 is 1.09 bits per heavy atom. The molecule has 1 aliphatic rings. The summed E-state index contributed by atoms with van der Waals surface area (Å²) in [5, 5.41) is 2.95. The first kappa shape index (κ1) is 14.7. The van der Waals surface area contributed by atoms with Crippen molar-refractivity contribution in [2.45, 2.75) is 26.1 Å². The van der Waals surface area contributed by atoms with Crippen molar-refractivity contribution in [3.8, 4) is 5.69 Å². The molecule has 1 aromatic carbocycles. The van der Waals surface area contributed by atoms with Gasteiger partial charge in [-0.3, -0.25) is 0 Å². The smallest absolute Gasteiger partial charge is 0.322 e. The second kappa shape index (κ2) is 6.23.